The number of esters is 1. The topological polar surface area (TPSA) is 108 Å². The smallest absolute Gasteiger partial charge is 0.311 e. The van der Waals surface area contributed by atoms with Crippen molar-refractivity contribution in [2.75, 3.05) is 6.54 Å². The molecule has 0 spiro atoms. The molecule has 1 amide bonds. The molecule has 3 N–H and O–H groups in total. The Bertz CT molecular complexity index is 735. The van der Waals surface area contributed by atoms with Crippen molar-refractivity contribution in [2.24, 2.45) is 0 Å². The van der Waals surface area contributed by atoms with Gasteiger partial charge in [0.1, 0.15) is 0 Å². The molecule has 1 aromatic heterocycles. The molecule has 0 aliphatic heterocycles. The molecule has 23 heavy (non-hydrogen) atoms. The van der Waals surface area contributed by atoms with Gasteiger partial charge >= 0.3 is 11.9 Å². The van der Waals surface area contributed by atoms with Gasteiger partial charge in [0, 0.05) is 25.1 Å². The number of carboxylic acid groups (broad SMARTS) is 1. The van der Waals surface area contributed by atoms with Crippen LogP contribution in [0.2, 0.25) is 0 Å². The Kier molecular flexibility index (Phi) is 5.35. The summed E-state index contributed by atoms with van der Waals surface area (Å²) in [5.74, 6) is -1.35. The highest BCUT2D eigenvalue weighted by Crippen LogP contribution is 2.27. The fourth-order valence-corrected chi connectivity index (χ4v) is 2.23. The number of rotatable bonds is 7. The molecular formula is C16H18N2O5. The van der Waals surface area contributed by atoms with Crippen molar-refractivity contribution < 1.29 is 24.2 Å². The molecule has 1 heterocycles. The van der Waals surface area contributed by atoms with Gasteiger partial charge in [-0.15, -0.1) is 0 Å². The first-order chi connectivity index (χ1) is 11.0. The number of hydrogen-bond acceptors (Lipinski definition) is 4. The molecule has 0 unspecified atom stereocenters. The number of aromatic amines is 1. The molecular weight excluding hydrogens is 300 g/mol. The van der Waals surface area contributed by atoms with Crippen LogP contribution in [0.15, 0.2) is 24.4 Å². The van der Waals surface area contributed by atoms with Crippen molar-refractivity contribution in [1.29, 1.82) is 0 Å². The van der Waals surface area contributed by atoms with Crippen molar-refractivity contribution in [3.8, 4) is 5.75 Å². The summed E-state index contributed by atoms with van der Waals surface area (Å²) in [7, 11) is 0. The Hall–Kier alpha value is -2.83. The maximum Gasteiger partial charge on any atom is 0.311 e. The van der Waals surface area contributed by atoms with Crippen molar-refractivity contribution in [3.63, 3.8) is 0 Å². The van der Waals surface area contributed by atoms with E-state index in [1.165, 1.54) is 6.92 Å². The standard InChI is InChI=1S/C16H18N2O5/c1-10(19)17-8-7-11-9-18-16-12(11)3-2-4-13(16)23-15(22)6-5-14(20)21/h2-4,9,18H,5-8H2,1H3,(H,17,19)(H,20,21). The minimum Gasteiger partial charge on any atom is -0.481 e. The van der Waals surface area contributed by atoms with Crippen LogP contribution in [-0.2, 0) is 20.8 Å². The quantitative estimate of drug-likeness (QED) is 0.531. The first-order valence-electron chi connectivity index (χ1n) is 7.23. The average Bonchev–Trinajstić information content (AvgIpc) is 2.89. The van der Waals surface area contributed by atoms with Gasteiger partial charge in [0.15, 0.2) is 5.75 Å². The summed E-state index contributed by atoms with van der Waals surface area (Å²) < 4.78 is 5.23. The molecule has 0 fully saturated rings. The average molecular weight is 318 g/mol. The monoisotopic (exact) mass is 318 g/mol. The summed E-state index contributed by atoms with van der Waals surface area (Å²) >= 11 is 0. The molecule has 7 nitrogen and oxygen atoms in total. The molecule has 0 saturated heterocycles. The fraction of sp³-hybridized carbons (Fsp3) is 0.312. The maximum absolute atomic E-state index is 11.7. The highest BCUT2D eigenvalue weighted by Gasteiger charge is 2.13. The zero-order valence-electron chi connectivity index (χ0n) is 12.7. The number of H-pyrrole nitrogens is 1. The first kappa shape index (κ1) is 16.5. The lowest BCUT2D eigenvalue weighted by molar-refractivity contribution is -0.142. The zero-order chi connectivity index (χ0) is 16.8. The lowest BCUT2D eigenvalue weighted by atomic mass is 10.1. The molecule has 7 heteroatoms. The number of fused-ring (bicyclic) bond motifs is 1. The number of hydrogen-bond donors (Lipinski definition) is 3. The summed E-state index contributed by atoms with van der Waals surface area (Å²) in [5, 5.41) is 12.2. The summed E-state index contributed by atoms with van der Waals surface area (Å²) in [4.78, 5) is 36.1. The predicted molar refractivity (Wildman–Crippen MR) is 83.2 cm³/mol. The third-order valence-corrected chi connectivity index (χ3v) is 3.30. The number of aromatic nitrogens is 1. The molecule has 122 valence electrons. The van der Waals surface area contributed by atoms with Gasteiger partial charge in [-0.3, -0.25) is 14.4 Å². The second-order valence-corrected chi connectivity index (χ2v) is 5.09. The minimum absolute atomic E-state index is 0.0853. The van der Waals surface area contributed by atoms with E-state index < -0.39 is 11.9 Å². The van der Waals surface area contributed by atoms with Crippen LogP contribution in [-0.4, -0.2) is 34.5 Å². The van der Waals surface area contributed by atoms with Crippen molar-refractivity contribution in [3.05, 3.63) is 30.0 Å². The zero-order valence-corrected chi connectivity index (χ0v) is 12.7. The number of benzene rings is 1. The number of carbonyl (C=O) groups excluding carboxylic acids is 2. The van der Waals surface area contributed by atoms with Gasteiger partial charge in [-0.05, 0) is 18.1 Å². The minimum atomic E-state index is -1.04. The van der Waals surface area contributed by atoms with E-state index in [-0.39, 0.29) is 18.7 Å². The molecule has 0 radical (unpaired) electrons. The molecule has 0 saturated carbocycles. The molecule has 0 aliphatic carbocycles. The number of amides is 1. The number of ether oxygens (including phenoxy) is 1. The van der Waals surface area contributed by atoms with Crippen molar-refractivity contribution in [1.82, 2.24) is 10.3 Å². The Morgan fingerprint density at radius 2 is 2.04 bits per heavy atom. The summed E-state index contributed by atoms with van der Waals surface area (Å²) in [6, 6.07) is 5.30. The molecule has 0 atom stereocenters. The van der Waals surface area contributed by atoms with Crippen LogP contribution in [0.1, 0.15) is 25.3 Å². The Morgan fingerprint density at radius 3 is 2.74 bits per heavy atom. The van der Waals surface area contributed by atoms with Gasteiger partial charge in [-0.25, -0.2) is 0 Å². The van der Waals surface area contributed by atoms with E-state index in [9.17, 15) is 14.4 Å². The first-order valence-corrected chi connectivity index (χ1v) is 7.23. The van der Waals surface area contributed by atoms with E-state index in [1.54, 1.807) is 18.3 Å². The third-order valence-electron chi connectivity index (χ3n) is 3.30. The van der Waals surface area contributed by atoms with Gasteiger partial charge in [-0.1, -0.05) is 12.1 Å². The number of carbonyl (C=O) groups is 3. The van der Waals surface area contributed by atoms with Gasteiger partial charge in [0.05, 0.1) is 18.4 Å². The SMILES string of the molecule is CC(=O)NCCc1c[nH]c2c(OC(=O)CCC(=O)O)cccc12. The van der Waals surface area contributed by atoms with Gasteiger partial charge in [0.2, 0.25) is 5.91 Å². The van der Waals surface area contributed by atoms with Gasteiger partial charge < -0.3 is 20.1 Å². The van der Waals surface area contributed by atoms with Crippen LogP contribution in [0.5, 0.6) is 5.75 Å². The summed E-state index contributed by atoms with van der Waals surface area (Å²) in [6.07, 6.45) is 2.01. The van der Waals surface area contributed by atoms with E-state index in [1.807, 2.05) is 6.07 Å². The number of aliphatic carboxylic acids is 1. The van der Waals surface area contributed by atoms with Crippen LogP contribution in [0.4, 0.5) is 0 Å². The van der Waals surface area contributed by atoms with Crippen LogP contribution in [0.25, 0.3) is 10.9 Å². The summed E-state index contributed by atoms with van der Waals surface area (Å²) in [6.45, 7) is 1.98. The molecule has 0 aliphatic rings. The van der Waals surface area contributed by atoms with Gasteiger partial charge in [0.25, 0.3) is 0 Å². The van der Waals surface area contributed by atoms with E-state index in [2.05, 4.69) is 10.3 Å². The third kappa shape index (κ3) is 4.57. The largest absolute Gasteiger partial charge is 0.481 e. The van der Waals surface area contributed by atoms with Crippen LogP contribution in [0.3, 0.4) is 0 Å². The number of nitrogens with one attached hydrogen (secondary N) is 2. The molecule has 2 rings (SSSR count). The normalized spacial score (nSPS) is 10.5. The number of carboxylic acids is 1. The molecule has 1 aromatic carbocycles. The predicted octanol–water partition coefficient (Wildman–Crippen LogP) is 1.62. The number of para-hydroxylation sites is 1. The fourth-order valence-electron chi connectivity index (χ4n) is 2.23. The second kappa shape index (κ2) is 7.44. The summed E-state index contributed by atoms with van der Waals surface area (Å²) in [5.41, 5.74) is 1.67. The van der Waals surface area contributed by atoms with Crippen molar-refractivity contribution in [2.45, 2.75) is 26.2 Å². The van der Waals surface area contributed by atoms with Crippen molar-refractivity contribution >= 4 is 28.7 Å². The van der Waals surface area contributed by atoms with Crippen LogP contribution in [0, 0.1) is 0 Å². The Morgan fingerprint density at radius 1 is 1.26 bits per heavy atom. The highest BCUT2D eigenvalue weighted by molar-refractivity contribution is 5.90. The highest BCUT2D eigenvalue weighted by atomic mass is 16.5. The van der Waals surface area contributed by atoms with E-state index >= 15 is 0 Å². The Balaban J connectivity index is 2.10. The lowest BCUT2D eigenvalue weighted by Crippen LogP contribution is -2.22. The van der Waals surface area contributed by atoms with Crippen LogP contribution >= 0.6 is 0 Å². The van der Waals surface area contributed by atoms with E-state index in [4.69, 9.17) is 9.84 Å². The molecule has 2 aromatic rings. The van der Waals surface area contributed by atoms with E-state index in [0.29, 0.717) is 24.2 Å². The lowest BCUT2D eigenvalue weighted by Gasteiger charge is -2.05. The molecule has 0 bridgehead atoms. The second-order valence-electron chi connectivity index (χ2n) is 5.09. The van der Waals surface area contributed by atoms with Gasteiger partial charge in [-0.2, -0.15) is 0 Å². The van der Waals surface area contributed by atoms with E-state index in [0.717, 1.165) is 10.9 Å². The Labute approximate surface area is 132 Å². The van der Waals surface area contributed by atoms with Crippen LogP contribution < -0.4 is 10.1 Å². The maximum atomic E-state index is 11.7.